The van der Waals surface area contributed by atoms with Gasteiger partial charge < -0.3 is 15.4 Å². The van der Waals surface area contributed by atoms with Crippen molar-refractivity contribution in [3.05, 3.63) is 71.2 Å². The fourth-order valence-corrected chi connectivity index (χ4v) is 3.46. The van der Waals surface area contributed by atoms with E-state index in [9.17, 15) is 4.79 Å². The Morgan fingerprint density at radius 3 is 2.48 bits per heavy atom. The van der Waals surface area contributed by atoms with E-state index >= 15 is 0 Å². The number of amides is 1. The van der Waals surface area contributed by atoms with Crippen LogP contribution in [0.4, 0.5) is 5.95 Å². The van der Waals surface area contributed by atoms with Crippen molar-refractivity contribution in [3.63, 3.8) is 0 Å². The molecule has 1 saturated heterocycles. The van der Waals surface area contributed by atoms with Gasteiger partial charge in [-0.3, -0.25) is 4.79 Å². The minimum absolute atomic E-state index is 0.169. The van der Waals surface area contributed by atoms with Crippen molar-refractivity contribution in [2.45, 2.75) is 20.0 Å². The molecule has 3 heterocycles. The van der Waals surface area contributed by atoms with E-state index in [0.29, 0.717) is 18.7 Å². The number of morpholine rings is 1. The largest absolute Gasteiger partial charge is 0.368 e. The van der Waals surface area contributed by atoms with Crippen LogP contribution in [0.2, 0.25) is 0 Å². The molecule has 29 heavy (non-hydrogen) atoms. The summed E-state index contributed by atoms with van der Waals surface area (Å²) in [4.78, 5) is 27.4. The molecule has 0 bridgehead atoms. The number of anilines is 1. The molecule has 1 aliphatic heterocycles. The second-order valence-corrected chi connectivity index (χ2v) is 7.15. The molecule has 1 atom stereocenters. The summed E-state index contributed by atoms with van der Waals surface area (Å²) in [7, 11) is 0. The Kier molecular flexibility index (Phi) is 5.22. The maximum absolute atomic E-state index is 11.3. The predicted molar refractivity (Wildman–Crippen MR) is 111 cm³/mol. The minimum Gasteiger partial charge on any atom is -0.368 e. The lowest BCUT2D eigenvalue weighted by molar-refractivity contribution is 0.0365. The van der Waals surface area contributed by atoms with Gasteiger partial charge in [-0.15, -0.1) is 0 Å². The normalized spacial score (nSPS) is 16.6. The van der Waals surface area contributed by atoms with E-state index in [4.69, 9.17) is 15.5 Å². The fourth-order valence-electron chi connectivity index (χ4n) is 3.46. The summed E-state index contributed by atoms with van der Waals surface area (Å²) in [5.41, 5.74) is 10.3. The van der Waals surface area contributed by atoms with Crippen LogP contribution in [0, 0.1) is 13.8 Å². The first kappa shape index (κ1) is 19.0. The zero-order valence-corrected chi connectivity index (χ0v) is 16.5. The fraction of sp³-hybridized carbons (Fsp3) is 0.273. The smallest absolute Gasteiger partial charge is 0.248 e. The number of nitrogens with two attached hydrogens (primary N) is 1. The van der Waals surface area contributed by atoms with E-state index in [0.717, 1.165) is 40.8 Å². The van der Waals surface area contributed by atoms with Crippen molar-refractivity contribution in [1.82, 2.24) is 15.0 Å². The van der Waals surface area contributed by atoms with Crippen molar-refractivity contribution in [1.29, 1.82) is 0 Å². The van der Waals surface area contributed by atoms with Crippen molar-refractivity contribution in [2.75, 3.05) is 24.6 Å². The molecule has 7 nitrogen and oxygen atoms in total. The highest BCUT2D eigenvalue weighted by Gasteiger charge is 2.25. The summed E-state index contributed by atoms with van der Waals surface area (Å²) < 4.78 is 6.00. The highest BCUT2D eigenvalue weighted by atomic mass is 16.5. The van der Waals surface area contributed by atoms with E-state index in [1.165, 1.54) is 0 Å². The maximum atomic E-state index is 11.3. The van der Waals surface area contributed by atoms with Crippen molar-refractivity contribution in [2.24, 2.45) is 5.73 Å². The Hall–Kier alpha value is -3.32. The summed E-state index contributed by atoms with van der Waals surface area (Å²) in [6.07, 6.45) is -0.169. The molecule has 1 fully saturated rings. The van der Waals surface area contributed by atoms with E-state index < -0.39 is 5.91 Å². The van der Waals surface area contributed by atoms with Crippen LogP contribution in [-0.4, -0.2) is 40.6 Å². The Labute approximate surface area is 169 Å². The number of nitrogens with zero attached hydrogens (tertiary/aromatic N) is 4. The Morgan fingerprint density at radius 2 is 1.79 bits per heavy atom. The van der Waals surface area contributed by atoms with E-state index in [1.807, 2.05) is 50.2 Å². The molecule has 2 aromatic heterocycles. The quantitative estimate of drug-likeness (QED) is 0.737. The standard InChI is InChI=1S/C22H23N5O2/c1-14-12-15(2)25-22(24-14)27-10-11-29-20(13-27)19-5-3-4-18(26-19)16-6-8-17(9-7-16)21(23)28/h3-9,12,20H,10-11,13H2,1-2H3,(H2,23,28). The van der Waals surface area contributed by atoms with E-state index in [2.05, 4.69) is 14.9 Å². The van der Waals surface area contributed by atoms with Crippen LogP contribution in [0.15, 0.2) is 48.5 Å². The van der Waals surface area contributed by atoms with Crippen molar-refractivity contribution in [3.8, 4) is 11.3 Å². The molecule has 0 saturated carbocycles. The molecule has 148 valence electrons. The van der Waals surface area contributed by atoms with Gasteiger partial charge in [0.05, 0.1) is 24.5 Å². The topological polar surface area (TPSA) is 94.2 Å². The lowest BCUT2D eigenvalue weighted by Crippen LogP contribution is -2.39. The molecular formula is C22H23N5O2. The first-order chi connectivity index (χ1) is 14.0. The number of primary amides is 1. The van der Waals surface area contributed by atoms with E-state index in [-0.39, 0.29) is 6.10 Å². The highest BCUT2D eigenvalue weighted by molar-refractivity contribution is 5.93. The lowest BCUT2D eigenvalue weighted by Gasteiger charge is -2.33. The van der Waals surface area contributed by atoms with Gasteiger partial charge in [-0.1, -0.05) is 18.2 Å². The number of hydrogen-bond acceptors (Lipinski definition) is 6. The monoisotopic (exact) mass is 389 g/mol. The lowest BCUT2D eigenvalue weighted by atomic mass is 10.1. The maximum Gasteiger partial charge on any atom is 0.248 e. The summed E-state index contributed by atoms with van der Waals surface area (Å²) in [6, 6.07) is 15.0. The number of hydrogen-bond donors (Lipinski definition) is 1. The molecule has 1 unspecified atom stereocenters. The molecule has 4 rings (SSSR count). The number of rotatable bonds is 4. The molecule has 7 heteroatoms. The molecule has 0 radical (unpaired) electrons. The van der Waals surface area contributed by atoms with Crippen LogP contribution < -0.4 is 10.6 Å². The molecule has 3 aromatic rings. The van der Waals surface area contributed by atoms with Gasteiger partial charge in [0.15, 0.2) is 0 Å². The number of carbonyl (C=O) groups excluding carboxylic acids is 1. The average molecular weight is 389 g/mol. The van der Waals surface area contributed by atoms with Gasteiger partial charge in [0.1, 0.15) is 6.10 Å². The van der Waals surface area contributed by atoms with Crippen molar-refractivity contribution >= 4 is 11.9 Å². The first-order valence-corrected chi connectivity index (χ1v) is 9.55. The second-order valence-electron chi connectivity index (χ2n) is 7.15. The summed E-state index contributed by atoms with van der Waals surface area (Å²) in [6.45, 7) is 5.92. The van der Waals surface area contributed by atoms with Gasteiger partial charge in [0.2, 0.25) is 11.9 Å². The molecule has 2 N–H and O–H groups in total. The minimum atomic E-state index is -0.442. The van der Waals surface area contributed by atoms with Crippen LogP contribution in [0.5, 0.6) is 0 Å². The van der Waals surface area contributed by atoms with Crippen LogP contribution in [0.1, 0.15) is 33.5 Å². The number of ether oxygens (including phenoxy) is 1. The van der Waals surface area contributed by atoms with Gasteiger partial charge in [-0.05, 0) is 44.2 Å². The van der Waals surface area contributed by atoms with Crippen LogP contribution in [0.3, 0.4) is 0 Å². The van der Waals surface area contributed by atoms with Crippen molar-refractivity contribution < 1.29 is 9.53 Å². The van der Waals surface area contributed by atoms with Gasteiger partial charge >= 0.3 is 0 Å². The highest BCUT2D eigenvalue weighted by Crippen LogP contribution is 2.26. The predicted octanol–water partition coefficient (Wildman–Crippen LogP) is 2.83. The Morgan fingerprint density at radius 1 is 1.07 bits per heavy atom. The Bertz CT molecular complexity index is 1020. The molecule has 0 spiro atoms. The molecule has 0 aliphatic carbocycles. The second kappa shape index (κ2) is 7.97. The number of benzene rings is 1. The number of carbonyl (C=O) groups is 1. The molecular weight excluding hydrogens is 366 g/mol. The average Bonchev–Trinajstić information content (AvgIpc) is 2.73. The summed E-state index contributed by atoms with van der Waals surface area (Å²) in [5, 5.41) is 0. The van der Waals surface area contributed by atoms with Crippen LogP contribution >= 0.6 is 0 Å². The van der Waals surface area contributed by atoms with Gasteiger partial charge in [-0.2, -0.15) is 0 Å². The molecule has 1 aromatic carbocycles. The third kappa shape index (κ3) is 4.25. The van der Waals surface area contributed by atoms with E-state index in [1.54, 1.807) is 12.1 Å². The van der Waals surface area contributed by atoms with Gasteiger partial charge in [-0.25, -0.2) is 15.0 Å². The number of pyridine rings is 1. The van der Waals surface area contributed by atoms with Gasteiger partial charge in [0, 0.05) is 29.1 Å². The van der Waals surface area contributed by atoms with Crippen LogP contribution in [0.25, 0.3) is 11.3 Å². The zero-order chi connectivity index (χ0) is 20.4. The van der Waals surface area contributed by atoms with Gasteiger partial charge in [0.25, 0.3) is 0 Å². The first-order valence-electron chi connectivity index (χ1n) is 9.55. The number of aryl methyl sites for hydroxylation is 2. The van der Waals surface area contributed by atoms with Crippen LogP contribution in [-0.2, 0) is 4.74 Å². The number of aromatic nitrogens is 3. The summed E-state index contributed by atoms with van der Waals surface area (Å²) in [5.74, 6) is 0.288. The zero-order valence-electron chi connectivity index (χ0n) is 16.5. The summed E-state index contributed by atoms with van der Waals surface area (Å²) >= 11 is 0. The third-order valence-electron chi connectivity index (χ3n) is 4.89. The Balaban J connectivity index is 1.56. The molecule has 1 aliphatic rings. The molecule has 1 amide bonds. The third-order valence-corrected chi connectivity index (χ3v) is 4.89. The SMILES string of the molecule is Cc1cc(C)nc(N2CCOC(c3cccc(-c4ccc(C(N)=O)cc4)n3)C2)n1.